The first-order valence-corrected chi connectivity index (χ1v) is 40.3. The monoisotopic (exact) mass is 1340 g/mol. The van der Waals surface area contributed by atoms with Gasteiger partial charge in [-0.25, -0.2) is 9.13 Å². The Kier molecular flexibility index (Phi) is 61.5. The number of esters is 4. The second kappa shape index (κ2) is 62.8. The number of hydrogen-bond donors (Lipinski definition) is 3. The lowest BCUT2D eigenvalue weighted by Gasteiger charge is -2.21. The molecule has 0 aromatic rings. The highest BCUT2D eigenvalue weighted by atomic mass is 31.2. The fraction of sp³-hybridized carbons (Fsp3) is 0.944. The SMILES string of the molecule is CCCCCCCCCCCCCCCCCCCCCCC(=O)O[C@H](COC(=O)CCCCCCCCCCCCC(C)C)COP(=O)(O)OC[C@@H](O)COP(=O)(O)OC[C@@H](COC(=O)CCCCCCCCC(C)C)OC(=O)CCCCCCCCC(C)C. The maximum absolute atomic E-state index is 13.0. The minimum absolute atomic E-state index is 0.101. The van der Waals surface area contributed by atoms with Gasteiger partial charge in [0.25, 0.3) is 0 Å². The molecule has 0 fully saturated rings. The van der Waals surface area contributed by atoms with E-state index in [0.29, 0.717) is 37.5 Å². The number of aliphatic hydroxyl groups excluding tert-OH is 1. The van der Waals surface area contributed by atoms with Gasteiger partial charge in [-0.05, 0) is 43.4 Å². The molecule has 0 rings (SSSR count). The molecule has 91 heavy (non-hydrogen) atoms. The molecule has 0 spiro atoms. The molecule has 5 atom stereocenters. The Morgan fingerprint density at radius 2 is 0.505 bits per heavy atom. The fourth-order valence-corrected chi connectivity index (χ4v) is 12.5. The van der Waals surface area contributed by atoms with Crippen LogP contribution in [0.4, 0.5) is 0 Å². The van der Waals surface area contributed by atoms with Crippen molar-refractivity contribution in [3.05, 3.63) is 0 Å². The molecule has 0 bridgehead atoms. The zero-order valence-corrected chi connectivity index (χ0v) is 61.1. The molecule has 0 saturated heterocycles. The van der Waals surface area contributed by atoms with Gasteiger partial charge >= 0.3 is 39.5 Å². The van der Waals surface area contributed by atoms with Crippen LogP contribution in [0.1, 0.15) is 363 Å². The number of aliphatic hydroxyl groups is 1. The molecule has 0 aromatic heterocycles. The van der Waals surface area contributed by atoms with Crippen molar-refractivity contribution in [2.45, 2.75) is 381 Å². The van der Waals surface area contributed by atoms with Gasteiger partial charge in [-0.2, -0.15) is 0 Å². The number of hydrogen-bond acceptors (Lipinski definition) is 15. The van der Waals surface area contributed by atoms with Crippen molar-refractivity contribution in [3.8, 4) is 0 Å². The minimum Gasteiger partial charge on any atom is -0.462 e. The van der Waals surface area contributed by atoms with Gasteiger partial charge in [0.05, 0.1) is 26.4 Å². The normalized spacial score (nSPS) is 14.2. The van der Waals surface area contributed by atoms with Gasteiger partial charge in [-0.15, -0.1) is 0 Å². The van der Waals surface area contributed by atoms with Crippen LogP contribution in [0.15, 0.2) is 0 Å². The summed E-state index contributed by atoms with van der Waals surface area (Å²) in [4.78, 5) is 72.5. The predicted molar refractivity (Wildman–Crippen MR) is 368 cm³/mol. The van der Waals surface area contributed by atoms with Gasteiger partial charge in [-0.1, -0.05) is 312 Å². The maximum atomic E-state index is 13.0. The van der Waals surface area contributed by atoms with Gasteiger partial charge in [0.2, 0.25) is 0 Å². The van der Waals surface area contributed by atoms with Crippen molar-refractivity contribution in [3.63, 3.8) is 0 Å². The van der Waals surface area contributed by atoms with E-state index in [0.717, 1.165) is 102 Å². The van der Waals surface area contributed by atoms with E-state index in [1.165, 1.54) is 167 Å². The molecule has 3 N–H and O–H groups in total. The summed E-state index contributed by atoms with van der Waals surface area (Å²) in [6, 6.07) is 0. The molecule has 19 heteroatoms. The largest absolute Gasteiger partial charge is 0.472 e. The van der Waals surface area contributed by atoms with Gasteiger partial charge in [0.15, 0.2) is 12.2 Å². The van der Waals surface area contributed by atoms with E-state index >= 15 is 0 Å². The lowest BCUT2D eigenvalue weighted by molar-refractivity contribution is -0.161. The summed E-state index contributed by atoms with van der Waals surface area (Å²) in [6.07, 6.45) is 47.7. The Morgan fingerprint density at radius 1 is 0.297 bits per heavy atom. The number of phosphoric acid groups is 2. The fourth-order valence-electron chi connectivity index (χ4n) is 10.9. The molecule has 0 aliphatic carbocycles. The third kappa shape index (κ3) is 66.5. The first-order valence-electron chi connectivity index (χ1n) is 37.3. The van der Waals surface area contributed by atoms with Crippen LogP contribution in [0.3, 0.4) is 0 Å². The second-order valence-electron chi connectivity index (χ2n) is 27.4. The highest BCUT2D eigenvalue weighted by Gasteiger charge is 2.30. The summed E-state index contributed by atoms with van der Waals surface area (Å²) in [5, 5.41) is 10.6. The molecule has 0 radical (unpaired) electrons. The second-order valence-corrected chi connectivity index (χ2v) is 30.3. The zero-order valence-electron chi connectivity index (χ0n) is 59.3. The van der Waals surface area contributed by atoms with Crippen molar-refractivity contribution >= 4 is 39.5 Å². The summed E-state index contributed by atoms with van der Waals surface area (Å²) >= 11 is 0. The molecule has 540 valence electrons. The number of phosphoric ester groups is 2. The van der Waals surface area contributed by atoms with E-state index < -0.39 is 97.5 Å². The van der Waals surface area contributed by atoms with E-state index in [1.807, 2.05) is 0 Å². The molecular formula is C72H140O17P2. The predicted octanol–water partition coefficient (Wildman–Crippen LogP) is 20.6. The molecule has 0 aliphatic rings. The summed E-state index contributed by atoms with van der Waals surface area (Å²) in [6.45, 7) is 11.7. The summed E-state index contributed by atoms with van der Waals surface area (Å²) < 4.78 is 68.2. The van der Waals surface area contributed by atoms with Gasteiger partial charge in [0.1, 0.15) is 19.3 Å². The summed E-state index contributed by atoms with van der Waals surface area (Å²) in [7, 11) is -9.90. The lowest BCUT2D eigenvalue weighted by atomic mass is 10.0. The molecule has 0 aliphatic heterocycles. The zero-order chi connectivity index (χ0) is 67.3. The number of carbonyl (C=O) groups excluding carboxylic acids is 4. The van der Waals surface area contributed by atoms with Gasteiger partial charge in [-0.3, -0.25) is 37.3 Å². The third-order valence-corrected chi connectivity index (χ3v) is 18.5. The first kappa shape index (κ1) is 89.1. The van der Waals surface area contributed by atoms with E-state index in [9.17, 15) is 43.2 Å². The standard InChI is InChI=1S/C72H140O17P2/c1-8-9-10-11-12-13-14-15-16-17-18-19-20-21-22-23-28-31-41-48-55-71(76)88-67(59-82-69(74)53-46-39-30-27-25-24-26-29-36-43-50-63(2)3)61-86-90(78,79)84-57-66(73)58-85-91(80,81)87-62-68(89-72(77)56-49-42-35-33-38-45-52-65(6)7)60-83-70(75)54-47-40-34-32-37-44-51-64(4)5/h63-68,73H,8-62H2,1-7H3,(H,78,79)(H,80,81)/t66-,67-,68-/m1/s1. The number of ether oxygens (including phenoxy) is 4. The average molecular weight is 1340 g/mol. The van der Waals surface area contributed by atoms with E-state index in [4.69, 9.17) is 37.0 Å². The van der Waals surface area contributed by atoms with Crippen LogP contribution < -0.4 is 0 Å². The Labute approximate surface area is 556 Å². The Morgan fingerprint density at radius 3 is 0.747 bits per heavy atom. The van der Waals surface area contributed by atoms with Crippen LogP contribution in [0.2, 0.25) is 0 Å². The minimum atomic E-state index is -4.95. The van der Waals surface area contributed by atoms with Crippen molar-refractivity contribution in [2.24, 2.45) is 17.8 Å². The van der Waals surface area contributed by atoms with Crippen molar-refractivity contribution in [1.29, 1.82) is 0 Å². The van der Waals surface area contributed by atoms with Crippen molar-refractivity contribution in [2.75, 3.05) is 39.6 Å². The van der Waals surface area contributed by atoms with Gasteiger partial charge < -0.3 is 33.8 Å². The maximum Gasteiger partial charge on any atom is 0.472 e. The van der Waals surface area contributed by atoms with E-state index in [1.54, 1.807) is 0 Å². The number of carbonyl (C=O) groups is 4. The van der Waals surface area contributed by atoms with E-state index in [-0.39, 0.29) is 25.7 Å². The summed E-state index contributed by atoms with van der Waals surface area (Å²) in [5.74, 6) is -0.0242. The molecule has 17 nitrogen and oxygen atoms in total. The van der Waals surface area contributed by atoms with Crippen LogP contribution in [0.5, 0.6) is 0 Å². The van der Waals surface area contributed by atoms with Crippen LogP contribution in [-0.4, -0.2) is 96.7 Å². The topological polar surface area (TPSA) is 237 Å². The van der Waals surface area contributed by atoms with Gasteiger partial charge in [0, 0.05) is 25.7 Å². The van der Waals surface area contributed by atoms with Crippen LogP contribution in [0, 0.1) is 17.8 Å². The molecule has 0 saturated carbocycles. The van der Waals surface area contributed by atoms with Crippen molar-refractivity contribution in [1.82, 2.24) is 0 Å². The molecule has 0 aromatic carbocycles. The molecular weight excluding hydrogens is 1200 g/mol. The van der Waals surface area contributed by atoms with Crippen LogP contribution in [-0.2, 0) is 65.4 Å². The first-order chi connectivity index (χ1) is 43.7. The molecule has 0 heterocycles. The Balaban J connectivity index is 5.18. The average Bonchev–Trinajstić information content (AvgIpc) is 3.68. The number of unbranched alkanes of at least 4 members (excludes halogenated alkanes) is 38. The lowest BCUT2D eigenvalue weighted by Crippen LogP contribution is -2.30. The quantitative estimate of drug-likeness (QED) is 0.0222. The van der Waals surface area contributed by atoms with Crippen LogP contribution >= 0.6 is 15.6 Å². The Bertz CT molecular complexity index is 1780. The Hall–Kier alpha value is -1.94. The smallest absolute Gasteiger partial charge is 0.462 e. The highest BCUT2D eigenvalue weighted by molar-refractivity contribution is 7.47. The number of rotatable bonds is 70. The van der Waals surface area contributed by atoms with Crippen molar-refractivity contribution < 1.29 is 80.2 Å². The highest BCUT2D eigenvalue weighted by Crippen LogP contribution is 2.45. The molecule has 2 unspecified atom stereocenters. The van der Waals surface area contributed by atoms with Crippen LogP contribution in [0.25, 0.3) is 0 Å². The van der Waals surface area contributed by atoms with E-state index in [2.05, 4.69) is 48.5 Å². The molecule has 0 amide bonds. The third-order valence-electron chi connectivity index (χ3n) is 16.6. The summed E-state index contributed by atoms with van der Waals surface area (Å²) in [5.41, 5.74) is 0.